The first-order valence-corrected chi connectivity index (χ1v) is 9.90. The third-order valence-corrected chi connectivity index (χ3v) is 5.55. The lowest BCUT2D eigenvalue weighted by Gasteiger charge is -2.16. The third kappa shape index (κ3) is 3.85. The Morgan fingerprint density at radius 2 is 2.12 bits per heavy atom. The van der Waals surface area contributed by atoms with E-state index in [9.17, 15) is 4.79 Å². The first-order chi connectivity index (χ1) is 12.7. The van der Waals surface area contributed by atoms with Gasteiger partial charge in [0, 0.05) is 30.6 Å². The summed E-state index contributed by atoms with van der Waals surface area (Å²) in [6, 6.07) is 6.64. The molecular formula is C20H22N4OS. The molecule has 3 aromatic rings. The molecule has 0 saturated carbocycles. The fourth-order valence-corrected chi connectivity index (χ4v) is 4.13. The van der Waals surface area contributed by atoms with Gasteiger partial charge in [0.25, 0.3) is 0 Å². The number of nitrogens with one attached hydrogen (secondary N) is 1. The van der Waals surface area contributed by atoms with Crippen molar-refractivity contribution in [3.63, 3.8) is 0 Å². The Balaban J connectivity index is 1.39. The fourth-order valence-electron chi connectivity index (χ4n) is 3.40. The average Bonchev–Trinajstić information content (AvgIpc) is 3.28. The number of anilines is 1. The number of thiazole rings is 1. The van der Waals surface area contributed by atoms with Crippen molar-refractivity contribution in [3.8, 4) is 11.3 Å². The normalized spacial score (nSPS) is 13.4. The molecular weight excluding hydrogens is 344 g/mol. The summed E-state index contributed by atoms with van der Waals surface area (Å²) in [5, 5.41) is 9.71. The maximum atomic E-state index is 12.2. The molecule has 0 bridgehead atoms. The Labute approximate surface area is 157 Å². The molecule has 1 aliphatic rings. The minimum absolute atomic E-state index is 0.0137. The molecule has 0 atom stereocenters. The summed E-state index contributed by atoms with van der Waals surface area (Å²) < 4.78 is 1.75. The predicted molar refractivity (Wildman–Crippen MR) is 104 cm³/mol. The summed E-state index contributed by atoms with van der Waals surface area (Å²) in [7, 11) is 1.88. The molecule has 1 aliphatic carbocycles. The van der Waals surface area contributed by atoms with Crippen LogP contribution in [0.5, 0.6) is 0 Å². The van der Waals surface area contributed by atoms with Crippen molar-refractivity contribution in [3.05, 3.63) is 52.7 Å². The smallest absolute Gasteiger partial charge is 0.226 e. The molecule has 26 heavy (non-hydrogen) atoms. The Morgan fingerprint density at radius 3 is 2.92 bits per heavy atom. The van der Waals surface area contributed by atoms with Crippen molar-refractivity contribution in [2.45, 2.75) is 38.5 Å². The Morgan fingerprint density at radius 1 is 1.27 bits per heavy atom. The number of fused-ring (bicyclic) bond motifs is 1. The number of hydrogen-bond acceptors (Lipinski definition) is 4. The SMILES string of the molecule is Cn1cc(CCC(=O)Nc2nc(-c3ccc4c(c3)CCCC4)cs2)cn1. The second-order valence-electron chi connectivity index (χ2n) is 6.80. The van der Waals surface area contributed by atoms with E-state index in [-0.39, 0.29) is 5.91 Å². The standard InChI is InChI=1S/C20H22N4OS/c1-24-12-14(11-21-24)6-9-19(25)23-20-22-18(13-26-20)17-8-7-15-4-2-3-5-16(15)10-17/h7-8,10-13H,2-6,9H2,1H3,(H,22,23,25). The van der Waals surface area contributed by atoms with E-state index < -0.39 is 0 Å². The van der Waals surface area contributed by atoms with E-state index in [2.05, 4.69) is 33.6 Å². The molecule has 0 saturated heterocycles. The number of amides is 1. The summed E-state index contributed by atoms with van der Waals surface area (Å²) in [5.41, 5.74) is 6.06. The largest absolute Gasteiger partial charge is 0.302 e. The van der Waals surface area contributed by atoms with Crippen molar-refractivity contribution >= 4 is 22.4 Å². The topological polar surface area (TPSA) is 59.8 Å². The number of aromatic nitrogens is 3. The number of aryl methyl sites for hydroxylation is 4. The highest BCUT2D eigenvalue weighted by Crippen LogP contribution is 2.29. The van der Waals surface area contributed by atoms with Gasteiger partial charge < -0.3 is 5.32 Å². The van der Waals surface area contributed by atoms with Gasteiger partial charge in [-0.15, -0.1) is 11.3 Å². The molecule has 2 heterocycles. The Kier molecular flexibility index (Phi) is 4.84. The highest BCUT2D eigenvalue weighted by Gasteiger charge is 2.13. The number of benzene rings is 1. The van der Waals surface area contributed by atoms with Crippen LogP contribution in [-0.4, -0.2) is 20.7 Å². The lowest BCUT2D eigenvalue weighted by atomic mass is 9.90. The Hall–Kier alpha value is -2.47. The molecule has 5 nitrogen and oxygen atoms in total. The van der Waals surface area contributed by atoms with Crippen molar-refractivity contribution in [2.75, 3.05) is 5.32 Å². The van der Waals surface area contributed by atoms with Gasteiger partial charge >= 0.3 is 0 Å². The van der Waals surface area contributed by atoms with Gasteiger partial charge in [-0.05, 0) is 54.9 Å². The number of rotatable bonds is 5. The molecule has 0 aliphatic heterocycles. The second kappa shape index (κ2) is 7.41. The van der Waals surface area contributed by atoms with E-state index in [1.165, 1.54) is 41.7 Å². The van der Waals surface area contributed by atoms with Gasteiger partial charge in [0.1, 0.15) is 0 Å². The zero-order valence-electron chi connectivity index (χ0n) is 14.9. The molecule has 6 heteroatoms. The van der Waals surface area contributed by atoms with Crippen LogP contribution in [-0.2, 0) is 31.1 Å². The Bertz CT molecular complexity index is 928. The molecule has 1 N–H and O–H groups in total. The molecule has 0 unspecified atom stereocenters. The molecule has 0 radical (unpaired) electrons. The fraction of sp³-hybridized carbons (Fsp3) is 0.350. The number of carbonyl (C=O) groups excluding carboxylic acids is 1. The van der Waals surface area contributed by atoms with Gasteiger partial charge in [-0.1, -0.05) is 12.1 Å². The van der Waals surface area contributed by atoms with Crippen LogP contribution in [0.1, 0.15) is 36.0 Å². The first kappa shape index (κ1) is 17.0. The zero-order chi connectivity index (χ0) is 17.9. The van der Waals surface area contributed by atoms with Crippen LogP contribution >= 0.6 is 11.3 Å². The molecule has 1 aromatic carbocycles. The van der Waals surface area contributed by atoms with E-state index in [4.69, 9.17) is 0 Å². The maximum Gasteiger partial charge on any atom is 0.226 e. The van der Waals surface area contributed by atoms with Crippen molar-refractivity contribution in [1.29, 1.82) is 0 Å². The monoisotopic (exact) mass is 366 g/mol. The summed E-state index contributed by atoms with van der Waals surface area (Å²) in [4.78, 5) is 16.8. The van der Waals surface area contributed by atoms with Crippen molar-refractivity contribution in [2.24, 2.45) is 7.05 Å². The molecule has 1 amide bonds. The minimum Gasteiger partial charge on any atom is -0.302 e. The lowest BCUT2D eigenvalue weighted by molar-refractivity contribution is -0.116. The van der Waals surface area contributed by atoms with Crippen LogP contribution < -0.4 is 5.32 Å². The van der Waals surface area contributed by atoms with E-state index in [0.717, 1.165) is 23.2 Å². The van der Waals surface area contributed by atoms with Crippen molar-refractivity contribution < 1.29 is 4.79 Å². The predicted octanol–water partition coefficient (Wildman–Crippen LogP) is 3.99. The van der Waals surface area contributed by atoms with Crippen LogP contribution in [0.4, 0.5) is 5.13 Å². The van der Waals surface area contributed by atoms with E-state index in [1.807, 2.05) is 18.6 Å². The van der Waals surface area contributed by atoms with Crippen LogP contribution in [0.15, 0.2) is 36.0 Å². The minimum atomic E-state index is -0.0137. The maximum absolute atomic E-state index is 12.2. The number of carbonyl (C=O) groups is 1. The molecule has 4 rings (SSSR count). The van der Waals surface area contributed by atoms with Crippen molar-refractivity contribution in [1.82, 2.24) is 14.8 Å². The zero-order valence-corrected chi connectivity index (χ0v) is 15.7. The summed E-state index contributed by atoms with van der Waals surface area (Å²) in [6.45, 7) is 0. The van der Waals surface area contributed by atoms with Crippen LogP contribution in [0.3, 0.4) is 0 Å². The third-order valence-electron chi connectivity index (χ3n) is 4.79. The molecule has 134 valence electrons. The van der Waals surface area contributed by atoms with Gasteiger partial charge in [0.2, 0.25) is 5.91 Å². The number of nitrogens with zero attached hydrogens (tertiary/aromatic N) is 3. The first-order valence-electron chi connectivity index (χ1n) is 9.02. The van der Waals surface area contributed by atoms with Crippen LogP contribution in [0.25, 0.3) is 11.3 Å². The lowest BCUT2D eigenvalue weighted by Crippen LogP contribution is -2.12. The van der Waals surface area contributed by atoms with Crippen LogP contribution in [0.2, 0.25) is 0 Å². The summed E-state index contributed by atoms with van der Waals surface area (Å²) in [6.07, 6.45) is 9.75. The number of hydrogen-bond donors (Lipinski definition) is 1. The van der Waals surface area contributed by atoms with Crippen LogP contribution in [0, 0.1) is 0 Å². The van der Waals surface area contributed by atoms with Gasteiger partial charge in [-0.25, -0.2) is 4.98 Å². The average molecular weight is 366 g/mol. The van der Waals surface area contributed by atoms with E-state index in [1.54, 1.807) is 10.9 Å². The molecule has 0 fully saturated rings. The van der Waals surface area contributed by atoms with Gasteiger partial charge in [-0.2, -0.15) is 5.10 Å². The summed E-state index contributed by atoms with van der Waals surface area (Å²) in [5.74, 6) is -0.0137. The van der Waals surface area contributed by atoms with E-state index in [0.29, 0.717) is 18.0 Å². The van der Waals surface area contributed by atoms with E-state index >= 15 is 0 Å². The molecule has 2 aromatic heterocycles. The quantitative estimate of drug-likeness (QED) is 0.743. The highest BCUT2D eigenvalue weighted by molar-refractivity contribution is 7.14. The highest BCUT2D eigenvalue weighted by atomic mass is 32.1. The summed E-state index contributed by atoms with van der Waals surface area (Å²) >= 11 is 1.48. The van der Waals surface area contributed by atoms with Gasteiger partial charge in [-0.3, -0.25) is 9.48 Å². The second-order valence-corrected chi connectivity index (χ2v) is 7.66. The molecule has 0 spiro atoms. The van der Waals surface area contributed by atoms with Gasteiger partial charge in [0.15, 0.2) is 5.13 Å². The van der Waals surface area contributed by atoms with Gasteiger partial charge in [0.05, 0.1) is 11.9 Å².